The topological polar surface area (TPSA) is 74.6 Å². The van der Waals surface area contributed by atoms with E-state index in [2.05, 4.69) is 6.58 Å². The maximum Gasteiger partial charge on any atom is 0.273 e. The van der Waals surface area contributed by atoms with Crippen molar-refractivity contribution in [2.45, 2.75) is 5.25 Å². The van der Waals surface area contributed by atoms with Crippen LogP contribution in [-0.2, 0) is 10.1 Å². The molecule has 1 unspecified atom stereocenters. The van der Waals surface area contributed by atoms with Crippen molar-refractivity contribution in [1.29, 1.82) is 0 Å². The lowest BCUT2D eigenvalue weighted by atomic mass is 10.4. The van der Waals surface area contributed by atoms with Crippen LogP contribution in [0.1, 0.15) is 0 Å². The van der Waals surface area contributed by atoms with Gasteiger partial charge in [0.25, 0.3) is 10.1 Å². The zero-order valence-electron chi connectivity index (χ0n) is 4.69. The second-order valence-corrected chi connectivity index (χ2v) is 3.11. The van der Waals surface area contributed by atoms with Crippen molar-refractivity contribution in [1.82, 2.24) is 0 Å². The predicted molar refractivity (Wildman–Crippen MR) is 32.6 cm³/mol. The minimum atomic E-state index is -4.13. The number of hydrogen-bond donors (Lipinski definition) is 2. The SMILES string of the molecule is C=CC(CO)S(=O)(=O)O. The van der Waals surface area contributed by atoms with Gasteiger partial charge in [0.1, 0.15) is 5.25 Å². The third-order valence-electron chi connectivity index (χ3n) is 0.825. The molecule has 0 aliphatic rings. The molecule has 0 aliphatic carbocycles. The highest BCUT2D eigenvalue weighted by Gasteiger charge is 2.16. The molecule has 5 heteroatoms. The molecule has 1 atom stereocenters. The largest absolute Gasteiger partial charge is 0.395 e. The van der Waals surface area contributed by atoms with Crippen molar-refractivity contribution < 1.29 is 18.1 Å². The first-order chi connectivity index (χ1) is 4.02. The molecule has 0 saturated carbocycles. The van der Waals surface area contributed by atoms with E-state index >= 15 is 0 Å². The summed E-state index contributed by atoms with van der Waals surface area (Å²) in [7, 11) is -4.13. The number of hydrogen-bond acceptors (Lipinski definition) is 3. The second kappa shape index (κ2) is 2.95. The highest BCUT2D eigenvalue weighted by atomic mass is 32.2. The Morgan fingerprint density at radius 2 is 2.11 bits per heavy atom. The van der Waals surface area contributed by atoms with Gasteiger partial charge >= 0.3 is 0 Å². The Kier molecular flexibility index (Phi) is 2.83. The number of aliphatic hydroxyl groups is 1. The Bertz CT molecular complexity index is 181. The van der Waals surface area contributed by atoms with E-state index in [1.165, 1.54) is 0 Å². The highest BCUT2D eigenvalue weighted by Crippen LogP contribution is 1.96. The Balaban J connectivity index is 4.32. The van der Waals surface area contributed by atoms with E-state index in [9.17, 15) is 8.42 Å². The monoisotopic (exact) mass is 152 g/mol. The molecule has 0 amide bonds. The molecule has 54 valence electrons. The third kappa shape index (κ3) is 2.59. The van der Waals surface area contributed by atoms with Gasteiger partial charge < -0.3 is 5.11 Å². The lowest BCUT2D eigenvalue weighted by Gasteiger charge is -2.01. The van der Waals surface area contributed by atoms with Gasteiger partial charge in [-0.05, 0) is 0 Å². The maximum absolute atomic E-state index is 10.1. The van der Waals surface area contributed by atoms with Crippen molar-refractivity contribution in [3.05, 3.63) is 12.7 Å². The zero-order valence-corrected chi connectivity index (χ0v) is 5.50. The lowest BCUT2D eigenvalue weighted by molar-refractivity contribution is 0.297. The van der Waals surface area contributed by atoms with Gasteiger partial charge in [-0.1, -0.05) is 6.08 Å². The second-order valence-electron chi connectivity index (χ2n) is 1.47. The molecule has 4 nitrogen and oxygen atoms in total. The van der Waals surface area contributed by atoms with Crippen LogP contribution in [-0.4, -0.2) is 29.9 Å². The molecule has 0 saturated heterocycles. The Morgan fingerprint density at radius 1 is 1.67 bits per heavy atom. The van der Waals surface area contributed by atoms with Crippen LogP contribution >= 0.6 is 0 Å². The molecule has 0 aromatic carbocycles. The summed E-state index contributed by atoms with van der Waals surface area (Å²) in [5.41, 5.74) is 0. The molecule has 0 rings (SSSR count). The molecule has 0 aliphatic heterocycles. The normalized spacial score (nSPS) is 14.9. The van der Waals surface area contributed by atoms with Crippen LogP contribution in [0.25, 0.3) is 0 Å². The molecule has 0 fully saturated rings. The molecule has 9 heavy (non-hydrogen) atoms. The summed E-state index contributed by atoms with van der Waals surface area (Å²) < 4.78 is 28.5. The molecular formula is C4H8O4S. The highest BCUT2D eigenvalue weighted by molar-refractivity contribution is 7.86. The fourth-order valence-corrected chi connectivity index (χ4v) is 0.722. The van der Waals surface area contributed by atoms with E-state index in [1.807, 2.05) is 0 Å². The van der Waals surface area contributed by atoms with Crippen LogP contribution in [0, 0.1) is 0 Å². The summed E-state index contributed by atoms with van der Waals surface area (Å²) in [5, 5.41) is 7.00. The summed E-state index contributed by atoms with van der Waals surface area (Å²) in [6, 6.07) is 0. The molecule has 0 bridgehead atoms. The number of aliphatic hydroxyl groups excluding tert-OH is 1. The molecule has 0 aromatic heterocycles. The standard InChI is InChI=1S/C4H8O4S/c1-2-4(3-5)9(6,7)8/h2,4-5H,1,3H2,(H,6,7,8). The van der Waals surface area contributed by atoms with Gasteiger partial charge in [0.15, 0.2) is 0 Å². The average molecular weight is 152 g/mol. The van der Waals surface area contributed by atoms with Gasteiger partial charge in [-0.2, -0.15) is 8.42 Å². The van der Waals surface area contributed by atoms with Gasteiger partial charge in [0, 0.05) is 0 Å². The van der Waals surface area contributed by atoms with E-state index < -0.39 is 22.0 Å². The van der Waals surface area contributed by atoms with Crippen molar-refractivity contribution in [3.8, 4) is 0 Å². The van der Waals surface area contributed by atoms with E-state index in [0.29, 0.717) is 0 Å². The van der Waals surface area contributed by atoms with Gasteiger partial charge in [0.05, 0.1) is 6.61 Å². The van der Waals surface area contributed by atoms with Gasteiger partial charge in [-0.15, -0.1) is 6.58 Å². The quantitative estimate of drug-likeness (QED) is 0.419. The number of rotatable bonds is 3. The first-order valence-electron chi connectivity index (χ1n) is 2.22. The van der Waals surface area contributed by atoms with Crippen molar-refractivity contribution >= 4 is 10.1 Å². The predicted octanol–water partition coefficient (Wildman–Crippen LogP) is -0.579. The maximum atomic E-state index is 10.1. The van der Waals surface area contributed by atoms with E-state index in [1.54, 1.807) is 0 Å². The van der Waals surface area contributed by atoms with Crippen molar-refractivity contribution in [3.63, 3.8) is 0 Å². The van der Waals surface area contributed by atoms with Crippen LogP contribution in [0.15, 0.2) is 12.7 Å². The minimum absolute atomic E-state index is 0.637. The smallest absolute Gasteiger partial charge is 0.273 e. The van der Waals surface area contributed by atoms with Crippen molar-refractivity contribution in [2.75, 3.05) is 6.61 Å². The fourth-order valence-electron chi connectivity index (χ4n) is 0.290. The van der Waals surface area contributed by atoms with Gasteiger partial charge in [0.2, 0.25) is 0 Å². The lowest BCUT2D eigenvalue weighted by Crippen LogP contribution is -2.21. The van der Waals surface area contributed by atoms with E-state index in [-0.39, 0.29) is 0 Å². The first kappa shape index (κ1) is 8.61. The average Bonchev–Trinajstić information content (AvgIpc) is 1.65. The molecule has 2 N–H and O–H groups in total. The van der Waals surface area contributed by atoms with Crippen LogP contribution in [0.3, 0.4) is 0 Å². The van der Waals surface area contributed by atoms with E-state index in [0.717, 1.165) is 6.08 Å². The summed E-state index contributed by atoms with van der Waals surface area (Å²) in [4.78, 5) is 0. The summed E-state index contributed by atoms with van der Waals surface area (Å²) >= 11 is 0. The third-order valence-corrected chi connectivity index (χ3v) is 1.93. The van der Waals surface area contributed by atoms with Gasteiger partial charge in [-0.3, -0.25) is 4.55 Å². The fraction of sp³-hybridized carbons (Fsp3) is 0.500. The van der Waals surface area contributed by atoms with Crippen LogP contribution in [0.2, 0.25) is 0 Å². The van der Waals surface area contributed by atoms with Gasteiger partial charge in [-0.25, -0.2) is 0 Å². The molecule has 0 spiro atoms. The molecule has 0 heterocycles. The summed E-state index contributed by atoms with van der Waals surface area (Å²) in [6.45, 7) is 2.46. The molecular weight excluding hydrogens is 144 g/mol. The molecule has 0 aromatic rings. The van der Waals surface area contributed by atoms with Crippen LogP contribution < -0.4 is 0 Å². The summed E-state index contributed by atoms with van der Waals surface area (Å²) in [5.74, 6) is 0. The Labute approximate surface area is 53.6 Å². The van der Waals surface area contributed by atoms with Crippen LogP contribution in [0.4, 0.5) is 0 Å². The van der Waals surface area contributed by atoms with Crippen molar-refractivity contribution in [2.24, 2.45) is 0 Å². The molecule has 0 radical (unpaired) electrons. The zero-order chi connectivity index (χ0) is 7.49. The summed E-state index contributed by atoms with van der Waals surface area (Å²) in [6.07, 6.45) is 0.968. The van der Waals surface area contributed by atoms with E-state index in [4.69, 9.17) is 9.66 Å². The van der Waals surface area contributed by atoms with Crippen LogP contribution in [0.5, 0.6) is 0 Å². The minimum Gasteiger partial charge on any atom is -0.395 e. The first-order valence-corrected chi connectivity index (χ1v) is 3.72. The Hall–Kier alpha value is -0.390. The Morgan fingerprint density at radius 3 is 2.11 bits per heavy atom.